The maximum atomic E-state index is 14.9. The van der Waals surface area contributed by atoms with Crippen molar-refractivity contribution < 1.29 is 23.1 Å². The molecule has 0 unspecified atom stereocenters. The molecule has 0 saturated carbocycles. The van der Waals surface area contributed by atoms with Crippen LogP contribution in [0.5, 0.6) is 0 Å². The number of fused-ring (bicyclic) bond motifs is 1. The summed E-state index contributed by atoms with van der Waals surface area (Å²) in [6, 6.07) is 4.17. The van der Waals surface area contributed by atoms with Gasteiger partial charge in [-0.15, -0.1) is 0 Å². The van der Waals surface area contributed by atoms with Crippen molar-refractivity contribution in [1.29, 1.82) is 0 Å². The van der Waals surface area contributed by atoms with Gasteiger partial charge in [0.25, 0.3) is 0 Å². The van der Waals surface area contributed by atoms with Crippen LogP contribution in [0, 0.1) is 23.4 Å². The molecule has 3 N–H and O–H groups in total. The molecule has 1 aromatic heterocycles. The first-order valence-corrected chi connectivity index (χ1v) is 9.63. The summed E-state index contributed by atoms with van der Waals surface area (Å²) in [7, 11) is 0. The van der Waals surface area contributed by atoms with Crippen LogP contribution in [0.15, 0.2) is 36.0 Å². The summed E-state index contributed by atoms with van der Waals surface area (Å²) in [5.74, 6) is -2.91. The molecule has 158 valence electrons. The maximum Gasteiger partial charge on any atom is 0.333 e. The molecule has 3 heterocycles. The molecule has 1 fully saturated rings. The molecule has 2 aliphatic heterocycles. The molecule has 2 aromatic rings. The van der Waals surface area contributed by atoms with Crippen LogP contribution < -0.4 is 15.5 Å². The molecule has 9 heteroatoms. The lowest BCUT2D eigenvalue weighted by Gasteiger charge is -2.29. The standard InChI is InChI=1S/C21H21F3N4O2/c1-11(25)12-4-5-27(9-12)20-17(24)7-13-6-14(21(29)30)10-28(19(13)26-20)18-3-2-15(22)8-16(18)23/h2-3,7-8,10-12H,4-6,9,25H2,1H3,(H,29,30)/t11-,12-/m1/s1. The first-order chi connectivity index (χ1) is 14.2. The average molecular weight is 418 g/mol. The van der Waals surface area contributed by atoms with Crippen molar-refractivity contribution in [2.24, 2.45) is 11.7 Å². The van der Waals surface area contributed by atoms with Crippen molar-refractivity contribution in [3.63, 3.8) is 0 Å². The number of carbonyl (C=O) groups is 1. The number of carboxylic acids is 1. The lowest BCUT2D eigenvalue weighted by atomic mass is 10.0. The molecule has 1 saturated heterocycles. The van der Waals surface area contributed by atoms with Crippen molar-refractivity contribution >= 4 is 23.3 Å². The van der Waals surface area contributed by atoms with Crippen molar-refractivity contribution in [3.05, 3.63) is 59.1 Å². The quantitative estimate of drug-likeness (QED) is 0.793. The summed E-state index contributed by atoms with van der Waals surface area (Å²) in [5.41, 5.74) is 6.15. The van der Waals surface area contributed by atoms with Crippen LogP contribution in [-0.4, -0.2) is 35.2 Å². The van der Waals surface area contributed by atoms with E-state index >= 15 is 0 Å². The Labute approximate surface area is 171 Å². The molecule has 1 aromatic carbocycles. The van der Waals surface area contributed by atoms with E-state index in [4.69, 9.17) is 5.73 Å². The second-order valence-corrected chi connectivity index (χ2v) is 7.73. The van der Waals surface area contributed by atoms with E-state index < -0.39 is 23.4 Å². The maximum absolute atomic E-state index is 14.9. The number of pyridine rings is 1. The van der Waals surface area contributed by atoms with Crippen LogP contribution in [-0.2, 0) is 11.2 Å². The zero-order chi connectivity index (χ0) is 21.6. The van der Waals surface area contributed by atoms with E-state index in [1.807, 2.05) is 6.92 Å². The number of aliphatic carboxylic acids is 1. The number of aromatic nitrogens is 1. The van der Waals surface area contributed by atoms with Crippen molar-refractivity contribution in [2.75, 3.05) is 22.9 Å². The second-order valence-electron chi connectivity index (χ2n) is 7.73. The highest BCUT2D eigenvalue weighted by atomic mass is 19.1. The van der Waals surface area contributed by atoms with Gasteiger partial charge in [0.1, 0.15) is 17.5 Å². The lowest BCUT2D eigenvalue weighted by Crippen LogP contribution is -2.31. The van der Waals surface area contributed by atoms with Gasteiger partial charge in [-0.3, -0.25) is 4.90 Å². The van der Waals surface area contributed by atoms with Crippen LogP contribution in [0.4, 0.5) is 30.5 Å². The molecular formula is C21H21F3N4O2. The number of benzene rings is 1. The van der Waals surface area contributed by atoms with E-state index in [9.17, 15) is 23.1 Å². The van der Waals surface area contributed by atoms with Crippen molar-refractivity contribution in [2.45, 2.75) is 25.8 Å². The van der Waals surface area contributed by atoms with Gasteiger partial charge in [0.05, 0.1) is 11.3 Å². The Kier molecular flexibility index (Phi) is 5.15. The van der Waals surface area contributed by atoms with E-state index in [0.29, 0.717) is 24.7 Å². The van der Waals surface area contributed by atoms with Crippen molar-refractivity contribution in [3.8, 4) is 0 Å². The van der Waals surface area contributed by atoms with Gasteiger partial charge in [-0.05, 0) is 37.5 Å². The number of halogens is 3. The molecule has 30 heavy (non-hydrogen) atoms. The minimum absolute atomic E-state index is 0.0402. The smallest absolute Gasteiger partial charge is 0.333 e. The van der Waals surface area contributed by atoms with E-state index in [1.54, 1.807) is 4.90 Å². The highest BCUT2D eigenvalue weighted by molar-refractivity contribution is 5.90. The minimum atomic E-state index is -1.21. The largest absolute Gasteiger partial charge is 0.478 e. The molecule has 0 amide bonds. The molecule has 4 rings (SSSR count). The number of nitrogens with zero attached hydrogens (tertiary/aromatic N) is 3. The summed E-state index contributed by atoms with van der Waals surface area (Å²) >= 11 is 0. The fourth-order valence-corrected chi connectivity index (χ4v) is 3.94. The van der Waals surface area contributed by atoms with E-state index in [1.165, 1.54) is 23.2 Å². The SMILES string of the molecule is C[C@@H](N)[C@@H]1CCN(c2nc3c(cc2F)CC(C(=O)O)=CN3c2ccc(F)cc2F)C1. The number of anilines is 3. The highest BCUT2D eigenvalue weighted by Gasteiger charge is 2.31. The molecular weight excluding hydrogens is 397 g/mol. The molecule has 0 spiro atoms. The normalized spacial score (nSPS) is 19.5. The predicted molar refractivity (Wildman–Crippen MR) is 106 cm³/mol. The number of rotatable bonds is 4. The zero-order valence-electron chi connectivity index (χ0n) is 16.3. The Hall–Kier alpha value is -3.07. The third kappa shape index (κ3) is 3.60. The van der Waals surface area contributed by atoms with Gasteiger partial charge < -0.3 is 15.7 Å². The summed E-state index contributed by atoms with van der Waals surface area (Å²) in [5, 5.41) is 9.44. The first-order valence-electron chi connectivity index (χ1n) is 9.63. The Morgan fingerprint density at radius 2 is 2.00 bits per heavy atom. The zero-order valence-corrected chi connectivity index (χ0v) is 16.3. The summed E-state index contributed by atoms with van der Waals surface area (Å²) in [4.78, 5) is 19.0. The second kappa shape index (κ2) is 7.64. The highest BCUT2D eigenvalue weighted by Crippen LogP contribution is 2.38. The van der Waals surface area contributed by atoms with E-state index in [2.05, 4.69) is 4.98 Å². The minimum Gasteiger partial charge on any atom is -0.478 e. The fourth-order valence-electron chi connectivity index (χ4n) is 3.94. The Morgan fingerprint density at radius 1 is 1.23 bits per heavy atom. The van der Waals surface area contributed by atoms with E-state index in [0.717, 1.165) is 12.5 Å². The van der Waals surface area contributed by atoms with Gasteiger partial charge in [0.15, 0.2) is 11.6 Å². The molecule has 0 aliphatic carbocycles. The molecule has 6 nitrogen and oxygen atoms in total. The molecule has 0 radical (unpaired) electrons. The van der Waals surface area contributed by atoms with Gasteiger partial charge in [-0.2, -0.15) is 0 Å². The van der Waals surface area contributed by atoms with Crippen LogP contribution in [0.1, 0.15) is 18.9 Å². The Balaban J connectivity index is 1.80. The van der Waals surface area contributed by atoms with Crippen LogP contribution in [0.25, 0.3) is 0 Å². The number of carboxylic acid groups (broad SMARTS) is 1. The fraction of sp³-hybridized carbons (Fsp3) is 0.333. The number of hydrogen-bond donors (Lipinski definition) is 2. The average Bonchev–Trinajstić information content (AvgIpc) is 3.17. The van der Waals surface area contributed by atoms with Gasteiger partial charge in [-0.25, -0.2) is 22.9 Å². The third-order valence-electron chi connectivity index (χ3n) is 5.62. The lowest BCUT2D eigenvalue weighted by molar-refractivity contribution is -0.132. The van der Waals surface area contributed by atoms with Crippen LogP contribution >= 0.6 is 0 Å². The molecule has 0 bridgehead atoms. The van der Waals surface area contributed by atoms with Crippen LogP contribution in [0.2, 0.25) is 0 Å². The van der Waals surface area contributed by atoms with Gasteiger partial charge in [0, 0.05) is 43.4 Å². The van der Waals surface area contributed by atoms with Gasteiger partial charge in [0.2, 0.25) is 0 Å². The van der Waals surface area contributed by atoms with Crippen molar-refractivity contribution in [1.82, 2.24) is 4.98 Å². The topological polar surface area (TPSA) is 82.7 Å². The summed E-state index contributed by atoms with van der Waals surface area (Å²) in [6.45, 7) is 3.03. The monoisotopic (exact) mass is 418 g/mol. The Morgan fingerprint density at radius 3 is 2.63 bits per heavy atom. The Bertz CT molecular complexity index is 1040. The van der Waals surface area contributed by atoms with Gasteiger partial charge >= 0.3 is 5.97 Å². The third-order valence-corrected chi connectivity index (χ3v) is 5.62. The first kappa shape index (κ1) is 20.2. The van der Waals surface area contributed by atoms with Crippen LogP contribution in [0.3, 0.4) is 0 Å². The molecule has 2 atom stereocenters. The number of nitrogens with two attached hydrogens (primary N) is 1. The van der Waals surface area contributed by atoms with E-state index in [-0.39, 0.29) is 41.3 Å². The van der Waals surface area contributed by atoms with Gasteiger partial charge in [-0.1, -0.05) is 0 Å². The summed E-state index contributed by atoms with van der Waals surface area (Å²) < 4.78 is 42.8. The predicted octanol–water partition coefficient (Wildman–Crippen LogP) is 3.34. The molecule has 2 aliphatic rings. The summed E-state index contributed by atoms with van der Waals surface area (Å²) in [6.07, 6.45) is 1.98. The number of hydrogen-bond acceptors (Lipinski definition) is 5.